The smallest absolute Gasteiger partial charge is 0.410 e. The quantitative estimate of drug-likeness (QED) is 0.225. The van der Waals surface area contributed by atoms with Crippen molar-refractivity contribution >= 4 is 23.6 Å². The maximum atomic E-state index is 15.0. The summed E-state index contributed by atoms with van der Waals surface area (Å²) in [5.74, 6) is -2.06. The first kappa shape index (κ1) is 35.7. The minimum absolute atomic E-state index is 0.00529. The van der Waals surface area contributed by atoms with Crippen molar-refractivity contribution in [3.8, 4) is 17.4 Å². The van der Waals surface area contributed by atoms with Gasteiger partial charge in [-0.3, -0.25) is 19.6 Å². The molecule has 1 saturated heterocycles. The first-order valence-corrected chi connectivity index (χ1v) is 16.2. The number of halogens is 1. The number of nitrogens with one attached hydrogen (secondary N) is 1. The van der Waals surface area contributed by atoms with Gasteiger partial charge in [-0.1, -0.05) is 23.4 Å². The molecule has 0 radical (unpaired) electrons. The van der Waals surface area contributed by atoms with Crippen LogP contribution < -0.4 is 5.32 Å². The molecule has 3 heterocycles. The third kappa shape index (κ3) is 7.34. The first-order valence-electron chi connectivity index (χ1n) is 16.2. The van der Waals surface area contributed by atoms with Gasteiger partial charge >= 0.3 is 6.09 Å². The van der Waals surface area contributed by atoms with E-state index in [-0.39, 0.29) is 41.2 Å². The van der Waals surface area contributed by atoms with Gasteiger partial charge in [0.05, 0.1) is 34.6 Å². The summed E-state index contributed by atoms with van der Waals surface area (Å²) in [6.07, 6.45) is 2.63. The number of nitrogens with zero attached hydrogens (tertiary/aromatic N) is 6. The van der Waals surface area contributed by atoms with Crippen LogP contribution in [0.25, 0.3) is 11.3 Å². The molecule has 0 spiro atoms. The number of ether oxygens (including phenoxy) is 1. The molecular formula is C37H40FN7O5. The first-order chi connectivity index (χ1) is 23.5. The molecule has 2 aromatic heterocycles. The standard InChI is InChI=1S/C37H40FN7O5/c1-21-10-9-11-22(2)30(21)42-33(46)32(31-23(3)40-14-15-41-31)45(25-18-37(7,8)44(20-25)35(48)49-36(4,5)6)34(47)28-17-29(50-43-28)26-13-12-24(19-39)16-27(26)38/h9-17,25,32H,18,20H2,1-8H3,(H,42,46). The molecular weight excluding hydrogens is 641 g/mol. The van der Waals surface area contributed by atoms with Crippen LogP contribution in [0, 0.1) is 37.9 Å². The zero-order valence-electron chi connectivity index (χ0n) is 29.4. The second kappa shape index (κ2) is 13.7. The van der Waals surface area contributed by atoms with E-state index < -0.39 is 46.9 Å². The van der Waals surface area contributed by atoms with Crippen molar-refractivity contribution in [2.45, 2.75) is 85.0 Å². The predicted octanol–water partition coefficient (Wildman–Crippen LogP) is 6.68. The van der Waals surface area contributed by atoms with Gasteiger partial charge in [-0.25, -0.2) is 9.18 Å². The molecule has 50 heavy (non-hydrogen) atoms. The van der Waals surface area contributed by atoms with Crippen molar-refractivity contribution < 1.29 is 28.0 Å². The molecule has 12 nitrogen and oxygen atoms in total. The summed E-state index contributed by atoms with van der Waals surface area (Å²) in [6, 6.07) is 10.5. The van der Waals surface area contributed by atoms with Crippen molar-refractivity contribution in [1.29, 1.82) is 5.26 Å². The van der Waals surface area contributed by atoms with E-state index >= 15 is 0 Å². The molecule has 1 N–H and O–H groups in total. The van der Waals surface area contributed by atoms with Crippen LogP contribution in [0.4, 0.5) is 14.9 Å². The molecule has 0 aliphatic carbocycles. The molecule has 2 atom stereocenters. The fourth-order valence-corrected chi connectivity index (χ4v) is 6.22. The van der Waals surface area contributed by atoms with Crippen molar-refractivity contribution in [3.63, 3.8) is 0 Å². The highest BCUT2D eigenvalue weighted by atomic mass is 19.1. The number of aromatic nitrogens is 3. The van der Waals surface area contributed by atoms with Gasteiger partial charge < -0.3 is 24.4 Å². The average molecular weight is 682 g/mol. The third-order valence-corrected chi connectivity index (χ3v) is 8.63. The van der Waals surface area contributed by atoms with Gasteiger partial charge in [0, 0.05) is 36.2 Å². The largest absolute Gasteiger partial charge is 0.444 e. The lowest BCUT2D eigenvalue weighted by atomic mass is 9.97. The van der Waals surface area contributed by atoms with E-state index in [1.165, 1.54) is 35.5 Å². The van der Waals surface area contributed by atoms with Gasteiger partial charge in [0.15, 0.2) is 17.5 Å². The lowest BCUT2D eigenvalue weighted by Gasteiger charge is -2.35. The van der Waals surface area contributed by atoms with Gasteiger partial charge in [-0.15, -0.1) is 0 Å². The van der Waals surface area contributed by atoms with E-state index in [1.54, 1.807) is 32.6 Å². The summed E-state index contributed by atoms with van der Waals surface area (Å²) in [4.78, 5) is 54.7. The van der Waals surface area contributed by atoms with Gasteiger partial charge in [-0.2, -0.15) is 5.26 Å². The zero-order chi connectivity index (χ0) is 36.5. The summed E-state index contributed by atoms with van der Waals surface area (Å²) >= 11 is 0. The Morgan fingerprint density at radius 1 is 1.10 bits per heavy atom. The lowest BCUT2D eigenvalue weighted by Crippen LogP contribution is -2.49. The Bertz CT molecular complexity index is 1970. The van der Waals surface area contributed by atoms with Crippen LogP contribution >= 0.6 is 0 Å². The second-order valence-electron chi connectivity index (χ2n) is 14.0. The highest BCUT2D eigenvalue weighted by Gasteiger charge is 2.50. The van der Waals surface area contributed by atoms with E-state index in [0.717, 1.165) is 17.2 Å². The molecule has 13 heteroatoms. The predicted molar refractivity (Wildman–Crippen MR) is 182 cm³/mol. The van der Waals surface area contributed by atoms with Gasteiger partial charge in [-0.05, 0) is 91.1 Å². The molecule has 1 aliphatic rings. The molecule has 0 saturated carbocycles. The van der Waals surface area contributed by atoms with E-state index in [4.69, 9.17) is 14.5 Å². The maximum absolute atomic E-state index is 15.0. The van der Waals surface area contributed by atoms with Crippen LogP contribution in [-0.2, 0) is 9.53 Å². The minimum atomic E-state index is -1.35. The summed E-state index contributed by atoms with van der Waals surface area (Å²) < 4.78 is 26.2. The van der Waals surface area contributed by atoms with Crippen molar-refractivity contribution in [2.24, 2.45) is 0 Å². The van der Waals surface area contributed by atoms with Crippen LogP contribution in [0.5, 0.6) is 0 Å². The molecule has 260 valence electrons. The number of likely N-dealkylation sites (tertiary alicyclic amines) is 1. The number of hydrogen-bond acceptors (Lipinski definition) is 9. The van der Waals surface area contributed by atoms with Crippen LogP contribution in [0.1, 0.15) is 85.6 Å². The highest BCUT2D eigenvalue weighted by Crippen LogP contribution is 2.38. The minimum Gasteiger partial charge on any atom is -0.444 e. The topological polar surface area (TPSA) is 155 Å². The maximum Gasteiger partial charge on any atom is 0.410 e. The Morgan fingerprint density at radius 2 is 1.78 bits per heavy atom. The average Bonchev–Trinajstić information content (AvgIpc) is 3.65. The number of nitriles is 1. The lowest BCUT2D eigenvalue weighted by molar-refractivity contribution is -0.121. The Labute approximate surface area is 290 Å². The number of carbonyl (C=O) groups is 3. The number of amides is 3. The Kier molecular flexibility index (Phi) is 9.77. The van der Waals surface area contributed by atoms with Gasteiger partial charge in [0.25, 0.3) is 11.8 Å². The van der Waals surface area contributed by atoms with Crippen molar-refractivity contribution in [2.75, 3.05) is 11.9 Å². The molecule has 0 bridgehead atoms. The molecule has 3 amide bonds. The third-order valence-electron chi connectivity index (χ3n) is 8.63. The molecule has 2 aromatic carbocycles. The number of para-hydroxylation sites is 1. The number of aryl methyl sites for hydroxylation is 3. The normalized spacial score (nSPS) is 16.0. The van der Waals surface area contributed by atoms with Crippen LogP contribution in [0.2, 0.25) is 0 Å². The Hall–Kier alpha value is -5.64. The summed E-state index contributed by atoms with van der Waals surface area (Å²) in [6.45, 7) is 14.5. The number of benzene rings is 2. The summed E-state index contributed by atoms with van der Waals surface area (Å²) in [5.41, 5.74) is 1.18. The Balaban J connectivity index is 1.64. The van der Waals surface area contributed by atoms with Crippen LogP contribution in [-0.4, -0.2) is 66.6 Å². The summed E-state index contributed by atoms with van der Waals surface area (Å²) in [5, 5.41) is 16.2. The van der Waals surface area contributed by atoms with Crippen LogP contribution in [0.15, 0.2) is 59.4 Å². The van der Waals surface area contributed by atoms with Crippen molar-refractivity contribution in [3.05, 3.63) is 94.4 Å². The molecule has 1 aliphatic heterocycles. The van der Waals surface area contributed by atoms with Crippen molar-refractivity contribution in [1.82, 2.24) is 24.9 Å². The second-order valence-corrected chi connectivity index (χ2v) is 14.0. The number of rotatable bonds is 7. The zero-order valence-corrected chi connectivity index (χ0v) is 29.4. The number of hydrogen-bond donors (Lipinski definition) is 1. The molecule has 5 rings (SSSR count). The molecule has 4 aromatic rings. The highest BCUT2D eigenvalue weighted by molar-refractivity contribution is 6.02. The summed E-state index contributed by atoms with van der Waals surface area (Å²) in [7, 11) is 0. The number of carbonyl (C=O) groups excluding carboxylic acids is 3. The van der Waals surface area contributed by atoms with Gasteiger partial charge in [0.2, 0.25) is 0 Å². The van der Waals surface area contributed by atoms with E-state index in [1.807, 2.05) is 52.0 Å². The number of anilines is 1. The van der Waals surface area contributed by atoms with E-state index in [0.29, 0.717) is 11.4 Å². The monoisotopic (exact) mass is 681 g/mol. The van der Waals surface area contributed by atoms with Crippen LogP contribution in [0.3, 0.4) is 0 Å². The fraction of sp³-hybridized carbons (Fsp3) is 0.378. The Morgan fingerprint density at radius 3 is 2.40 bits per heavy atom. The van der Waals surface area contributed by atoms with E-state index in [2.05, 4.69) is 20.4 Å². The molecule has 1 fully saturated rings. The fourth-order valence-electron chi connectivity index (χ4n) is 6.22. The van der Waals surface area contributed by atoms with Gasteiger partial charge in [0.1, 0.15) is 11.4 Å². The molecule has 2 unspecified atom stereocenters. The van der Waals surface area contributed by atoms with E-state index in [9.17, 15) is 18.8 Å². The SMILES string of the molecule is Cc1cccc(C)c1NC(=O)C(c1nccnc1C)N(C(=O)c1cc(-c2ccc(C#N)cc2F)on1)C1CN(C(=O)OC(C)(C)C)C(C)(C)C1.